The highest BCUT2D eigenvalue weighted by atomic mass is 35.5. The van der Waals surface area contributed by atoms with Crippen LogP contribution in [0, 0.1) is 5.82 Å². The van der Waals surface area contributed by atoms with Gasteiger partial charge in [-0.15, -0.1) is 0 Å². The normalized spacial score (nSPS) is 14.1. The van der Waals surface area contributed by atoms with Crippen LogP contribution in [-0.2, 0) is 19.1 Å². The molecule has 2 aromatic rings. The Kier molecular flexibility index (Phi) is 7.21. The molecule has 1 aliphatic heterocycles. The topological polar surface area (TPSA) is 67.9 Å². The van der Waals surface area contributed by atoms with Crippen LogP contribution in [0.1, 0.15) is 5.56 Å². The van der Waals surface area contributed by atoms with Crippen LogP contribution in [0.4, 0.5) is 15.8 Å². The van der Waals surface area contributed by atoms with Gasteiger partial charge < -0.3 is 19.7 Å². The van der Waals surface area contributed by atoms with Crippen LogP contribution >= 0.6 is 11.6 Å². The number of nitrogens with zero attached hydrogens (tertiary/aromatic N) is 1. The molecule has 2 aromatic carbocycles. The summed E-state index contributed by atoms with van der Waals surface area (Å²) in [5.74, 6) is -1.68. The molecule has 0 unspecified atom stereocenters. The largest absolute Gasteiger partial charge is 0.452 e. The first-order valence-corrected chi connectivity index (χ1v) is 9.41. The molecule has 0 saturated carbocycles. The van der Waals surface area contributed by atoms with Crippen LogP contribution in [0.5, 0.6) is 0 Å². The molecular weight excluding hydrogens is 399 g/mol. The summed E-state index contributed by atoms with van der Waals surface area (Å²) in [7, 11) is 0. The van der Waals surface area contributed by atoms with Gasteiger partial charge in [0.05, 0.1) is 18.2 Å². The first kappa shape index (κ1) is 20.8. The standard InChI is InChI=1S/C21H20ClFN2O4/c22-18-13-15(1-7-19(18)23)2-8-21(27)29-14-20(26)24-16-3-5-17(6-4-16)25-9-11-28-12-10-25/h1-8,13H,9-12,14H2,(H,24,26)/b8-2+. The lowest BCUT2D eigenvalue weighted by Crippen LogP contribution is -2.36. The Morgan fingerprint density at radius 1 is 1.17 bits per heavy atom. The average Bonchev–Trinajstić information content (AvgIpc) is 2.74. The maximum absolute atomic E-state index is 13.1. The zero-order chi connectivity index (χ0) is 20.6. The van der Waals surface area contributed by atoms with Crippen molar-refractivity contribution in [2.24, 2.45) is 0 Å². The number of anilines is 2. The molecule has 1 amide bonds. The molecule has 1 N–H and O–H groups in total. The van der Waals surface area contributed by atoms with Gasteiger partial charge in [0.2, 0.25) is 0 Å². The van der Waals surface area contributed by atoms with Crippen molar-refractivity contribution in [3.63, 3.8) is 0 Å². The maximum Gasteiger partial charge on any atom is 0.331 e. The number of hydrogen-bond donors (Lipinski definition) is 1. The lowest BCUT2D eigenvalue weighted by atomic mass is 10.2. The SMILES string of the molecule is O=C(COC(=O)/C=C/c1ccc(F)c(Cl)c1)Nc1ccc(N2CCOCC2)cc1. The van der Waals surface area contributed by atoms with Crippen molar-refractivity contribution in [1.29, 1.82) is 0 Å². The summed E-state index contributed by atoms with van der Waals surface area (Å²) in [5.41, 5.74) is 2.21. The number of nitrogens with one attached hydrogen (secondary N) is 1. The number of hydrogen-bond acceptors (Lipinski definition) is 5. The summed E-state index contributed by atoms with van der Waals surface area (Å²) in [5, 5.41) is 2.63. The Morgan fingerprint density at radius 2 is 1.90 bits per heavy atom. The van der Waals surface area contributed by atoms with Crippen molar-refractivity contribution >= 4 is 40.9 Å². The van der Waals surface area contributed by atoms with E-state index in [1.807, 2.05) is 12.1 Å². The third-order valence-electron chi connectivity index (χ3n) is 4.23. The van der Waals surface area contributed by atoms with E-state index in [2.05, 4.69) is 10.2 Å². The van der Waals surface area contributed by atoms with Gasteiger partial charge in [-0.1, -0.05) is 17.7 Å². The molecule has 152 valence electrons. The van der Waals surface area contributed by atoms with Gasteiger partial charge in [0, 0.05) is 30.5 Å². The van der Waals surface area contributed by atoms with Crippen LogP contribution < -0.4 is 10.2 Å². The summed E-state index contributed by atoms with van der Waals surface area (Å²) in [6.45, 7) is 2.65. The zero-order valence-corrected chi connectivity index (χ0v) is 16.3. The summed E-state index contributed by atoms with van der Waals surface area (Å²) in [4.78, 5) is 25.9. The molecule has 0 radical (unpaired) electrons. The molecule has 0 spiro atoms. The molecule has 0 bridgehead atoms. The molecule has 1 saturated heterocycles. The van der Waals surface area contributed by atoms with E-state index in [-0.39, 0.29) is 5.02 Å². The molecule has 1 fully saturated rings. The van der Waals surface area contributed by atoms with Crippen molar-refractivity contribution in [3.8, 4) is 0 Å². The molecule has 8 heteroatoms. The van der Waals surface area contributed by atoms with Crippen LogP contribution in [0.15, 0.2) is 48.5 Å². The third-order valence-corrected chi connectivity index (χ3v) is 4.52. The zero-order valence-electron chi connectivity index (χ0n) is 15.6. The fourth-order valence-corrected chi connectivity index (χ4v) is 2.93. The van der Waals surface area contributed by atoms with Gasteiger partial charge in [0.1, 0.15) is 5.82 Å². The van der Waals surface area contributed by atoms with Gasteiger partial charge in [0.15, 0.2) is 6.61 Å². The minimum Gasteiger partial charge on any atom is -0.452 e. The second kappa shape index (κ2) is 10.0. The van der Waals surface area contributed by atoms with Crippen molar-refractivity contribution < 1.29 is 23.5 Å². The lowest BCUT2D eigenvalue weighted by Gasteiger charge is -2.28. The van der Waals surface area contributed by atoms with Crippen LogP contribution in [-0.4, -0.2) is 44.8 Å². The van der Waals surface area contributed by atoms with Gasteiger partial charge >= 0.3 is 5.97 Å². The van der Waals surface area contributed by atoms with E-state index in [1.54, 1.807) is 12.1 Å². The smallest absolute Gasteiger partial charge is 0.331 e. The average molecular weight is 419 g/mol. The first-order valence-electron chi connectivity index (χ1n) is 9.04. The van der Waals surface area contributed by atoms with E-state index >= 15 is 0 Å². The maximum atomic E-state index is 13.1. The summed E-state index contributed by atoms with van der Waals surface area (Å²) < 4.78 is 23.3. The van der Waals surface area contributed by atoms with Gasteiger partial charge in [-0.05, 0) is 48.0 Å². The van der Waals surface area contributed by atoms with Crippen molar-refractivity contribution in [3.05, 3.63) is 64.9 Å². The quantitative estimate of drug-likeness (QED) is 0.574. The molecule has 1 heterocycles. The van der Waals surface area contributed by atoms with E-state index in [1.165, 1.54) is 24.3 Å². The monoisotopic (exact) mass is 418 g/mol. The number of ether oxygens (including phenoxy) is 2. The molecule has 6 nitrogen and oxygen atoms in total. The summed E-state index contributed by atoms with van der Waals surface area (Å²) in [6, 6.07) is 11.5. The van der Waals surface area contributed by atoms with Gasteiger partial charge in [-0.3, -0.25) is 4.79 Å². The molecule has 1 aliphatic rings. The van der Waals surface area contributed by atoms with E-state index < -0.39 is 24.3 Å². The molecule has 0 aromatic heterocycles. The molecule has 0 atom stereocenters. The predicted molar refractivity (Wildman–Crippen MR) is 110 cm³/mol. The van der Waals surface area contributed by atoms with Gasteiger partial charge in [-0.2, -0.15) is 0 Å². The van der Waals surface area contributed by atoms with Gasteiger partial charge in [0.25, 0.3) is 5.91 Å². The van der Waals surface area contributed by atoms with Gasteiger partial charge in [-0.25, -0.2) is 9.18 Å². The molecule has 29 heavy (non-hydrogen) atoms. The number of carbonyl (C=O) groups is 2. The number of carbonyl (C=O) groups excluding carboxylic acids is 2. The molecule has 0 aliphatic carbocycles. The Labute approximate surface area is 172 Å². The van der Waals surface area contributed by atoms with E-state index in [4.69, 9.17) is 21.1 Å². The van der Waals surface area contributed by atoms with E-state index in [0.717, 1.165) is 24.9 Å². The minimum atomic E-state index is -0.691. The lowest BCUT2D eigenvalue weighted by molar-refractivity contribution is -0.142. The molecule has 3 rings (SSSR count). The highest BCUT2D eigenvalue weighted by molar-refractivity contribution is 6.30. The second-order valence-electron chi connectivity index (χ2n) is 6.31. The van der Waals surface area contributed by atoms with Crippen molar-refractivity contribution in [1.82, 2.24) is 0 Å². The Balaban J connectivity index is 1.44. The Hall–Kier alpha value is -2.90. The summed E-state index contributed by atoms with van der Waals surface area (Å²) >= 11 is 5.68. The first-order chi connectivity index (χ1) is 14.0. The minimum absolute atomic E-state index is 0.0421. The highest BCUT2D eigenvalue weighted by Crippen LogP contribution is 2.19. The second-order valence-corrected chi connectivity index (χ2v) is 6.72. The number of benzene rings is 2. The number of esters is 1. The number of rotatable bonds is 6. The fraction of sp³-hybridized carbons (Fsp3) is 0.238. The predicted octanol–water partition coefficient (Wildman–Crippen LogP) is 3.51. The van der Waals surface area contributed by atoms with Crippen LogP contribution in [0.3, 0.4) is 0 Å². The number of amides is 1. The van der Waals surface area contributed by atoms with E-state index in [9.17, 15) is 14.0 Å². The fourth-order valence-electron chi connectivity index (χ4n) is 2.74. The highest BCUT2D eigenvalue weighted by Gasteiger charge is 2.11. The van der Waals surface area contributed by atoms with Crippen molar-refractivity contribution in [2.75, 3.05) is 43.1 Å². The Morgan fingerprint density at radius 3 is 2.59 bits per heavy atom. The molecular formula is C21H20ClFN2O4. The Bertz CT molecular complexity index is 896. The van der Waals surface area contributed by atoms with Crippen molar-refractivity contribution in [2.45, 2.75) is 0 Å². The number of morpholine rings is 1. The number of halogens is 2. The summed E-state index contributed by atoms with van der Waals surface area (Å²) in [6.07, 6.45) is 2.57. The van der Waals surface area contributed by atoms with Crippen LogP contribution in [0.25, 0.3) is 6.08 Å². The van der Waals surface area contributed by atoms with E-state index in [0.29, 0.717) is 24.5 Å². The third kappa shape index (κ3) is 6.30. The van der Waals surface area contributed by atoms with Crippen LogP contribution in [0.2, 0.25) is 5.02 Å².